The molecule has 0 aliphatic carbocycles. The molecular weight excluding hydrogens is 369 g/mol. The molecule has 0 aliphatic rings. The first kappa shape index (κ1) is 25.2. The van der Waals surface area contributed by atoms with Crippen molar-refractivity contribution in [2.45, 2.75) is 78.4 Å². The third-order valence-electron chi connectivity index (χ3n) is 3.76. The van der Waals surface area contributed by atoms with Gasteiger partial charge in [-0.2, -0.15) is 0 Å². The second kappa shape index (κ2) is 14.3. The summed E-state index contributed by atoms with van der Waals surface area (Å²) < 4.78 is 16.0. The Balaban J connectivity index is 0.00000301. The van der Waals surface area contributed by atoms with Crippen LogP contribution in [0, 0.1) is 0 Å². The first-order chi connectivity index (χ1) is 12.3. The van der Waals surface area contributed by atoms with E-state index in [4.69, 9.17) is 26.5 Å². The SMILES string of the molecule is CC.CCCCCCCC(=S)NC(c1ccccc1)C(C)OP(=O)(O)O. The van der Waals surface area contributed by atoms with Crippen molar-refractivity contribution in [2.75, 3.05) is 0 Å². The number of phosphoric ester groups is 1. The minimum absolute atomic E-state index is 0.401. The lowest BCUT2D eigenvalue weighted by Gasteiger charge is -2.27. The molecule has 0 bridgehead atoms. The van der Waals surface area contributed by atoms with Crippen LogP contribution in [0.3, 0.4) is 0 Å². The van der Waals surface area contributed by atoms with E-state index >= 15 is 0 Å². The van der Waals surface area contributed by atoms with E-state index < -0.39 is 20.0 Å². The highest BCUT2D eigenvalue weighted by atomic mass is 32.1. The van der Waals surface area contributed by atoms with Crippen molar-refractivity contribution in [3.63, 3.8) is 0 Å². The number of rotatable bonds is 11. The Hall–Kier alpha value is -0.780. The molecule has 2 atom stereocenters. The van der Waals surface area contributed by atoms with E-state index in [-0.39, 0.29) is 0 Å². The van der Waals surface area contributed by atoms with Gasteiger partial charge in [-0.1, -0.05) is 89.0 Å². The zero-order valence-electron chi connectivity index (χ0n) is 16.4. The summed E-state index contributed by atoms with van der Waals surface area (Å²) in [5, 5.41) is 3.21. The van der Waals surface area contributed by atoms with E-state index in [1.807, 2.05) is 44.2 Å². The van der Waals surface area contributed by atoms with Gasteiger partial charge in [-0.05, 0) is 25.3 Å². The lowest BCUT2D eigenvalue weighted by molar-refractivity contribution is 0.121. The highest BCUT2D eigenvalue weighted by Gasteiger charge is 2.27. The van der Waals surface area contributed by atoms with E-state index in [0.29, 0.717) is 4.99 Å². The van der Waals surface area contributed by atoms with Crippen molar-refractivity contribution in [1.82, 2.24) is 5.32 Å². The summed E-state index contributed by atoms with van der Waals surface area (Å²) in [6.07, 6.45) is 5.85. The molecule has 0 amide bonds. The van der Waals surface area contributed by atoms with Crippen molar-refractivity contribution >= 4 is 25.0 Å². The molecule has 5 nitrogen and oxygen atoms in total. The molecule has 0 fully saturated rings. The minimum atomic E-state index is -4.56. The molecule has 0 spiro atoms. The number of nitrogens with one attached hydrogen (secondary N) is 1. The lowest BCUT2D eigenvalue weighted by atomic mass is 10.0. The third kappa shape index (κ3) is 11.8. The van der Waals surface area contributed by atoms with Crippen molar-refractivity contribution < 1.29 is 18.9 Å². The van der Waals surface area contributed by atoms with Gasteiger partial charge >= 0.3 is 7.82 Å². The van der Waals surface area contributed by atoms with Crippen LogP contribution in [0.5, 0.6) is 0 Å². The summed E-state index contributed by atoms with van der Waals surface area (Å²) in [6, 6.07) is 9.02. The summed E-state index contributed by atoms with van der Waals surface area (Å²) in [6.45, 7) is 7.81. The summed E-state index contributed by atoms with van der Waals surface area (Å²) >= 11 is 5.41. The van der Waals surface area contributed by atoms with Gasteiger partial charge in [0.05, 0.1) is 17.1 Å². The molecule has 3 N–H and O–H groups in total. The van der Waals surface area contributed by atoms with Gasteiger partial charge in [0.1, 0.15) is 0 Å². The van der Waals surface area contributed by atoms with Crippen LogP contribution >= 0.6 is 20.0 Å². The Morgan fingerprint density at radius 1 is 1.15 bits per heavy atom. The number of phosphoric acid groups is 1. The fraction of sp³-hybridized carbons (Fsp3) is 0.632. The first-order valence-corrected chi connectivity index (χ1v) is 11.4. The highest BCUT2D eigenvalue weighted by Crippen LogP contribution is 2.40. The molecule has 2 unspecified atom stereocenters. The topological polar surface area (TPSA) is 78.8 Å². The van der Waals surface area contributed by atoms with Gasteiger partial charge in [-0.15, -0.1) is 0 Å². The Labute approximate surface area is 163 Å². The summed E-state index contributed by atoms with van der Waals surface area (Å²) in [4.78, 5) is 18.8. The molecule has 1 aromatic carbocycles. The molecule has 0 aliphatic heterocycles. The highest BCUT2D eigenvalue weighted by molar-refractivity contribution is 7.80. The van der Waals surface area contributed by atoms with Crippen molar-refractivity contribution in [2.24, 2.45) is 0 Å². The summed E-state index contributed by atoms with van der Waals surface area (Å²) in [5.74, 6) is 0. The van der Waals surface area contributed by atoms with Gasteiger partial charge in [0.2, 0.25) is 0 Å². The maximum Gasteiger partial charge on any atom is 0.469 e. The standard InChI is InChI=1S/C17H28NO4PS.C2H6/c1-3-4-5-6-10-13-16(24)18-17(14(2)22-23(19,20)21)15-11-8-7-9-12-15;1-2/h7-9,11-12,14,17H,3-6,10,13H2,1-2H3,(H,18,24)(H2,19,20,21);1-2H3. The summed E-state index contributed by atoms with van der Waals surface area (Å²) in [5.41, 5.74) is 0.881. The zero-order chi connectivity index (χ0) is 20.0. The van der Waals surface area contributed by atoms with Crippen LogP contribution in [0.1, 0.15) is 77.8 Å². The molecule has 150 valence electrons. The second-order valence-electron chi connectivity index (χ2n) is 5.92. The normalized spacial score (nSPS) is 13.3. The Bertz CT molecular complexity index is 536. The predicted molar refractivity (Wildman–Crippen MR) is 112 cm³/mol. The van der Waals surface area contributed by atoms with Crippen LogP contribution in [-0.2, 0) is 9.09 Å². The van der Waals surface area contributed by atoms with Gasteiger partial charge < -0.3 is 15.1 Å². The Kier molecular flexibility index (Phi) is 13.9. The van der Waals surface area contributed by atoms with Crippen LogP contribution in [0.4, 0.5) is 0 Å². The molecule has 0 saturated heterocycles. The molecule has 0 aromatic heterocycles. The van der Waals surface area contributed by atoms with E-state index in [9.17, 15) is 4.57 Å². The molecule has 0 saturated carbocycles. The van der Waals surface area contributed by atoms with E-state index in [0.717, 1.165) is 24.8 Å². The third-order valence-corrected chi connectivity index (χ3v) is 4.68. The Morgan fingerprint density at radius 2 is 1.73 bits per heavy atom. The quantitative estimate of drug-likeness (QED) is 0.256. The zero-order valence-corrected chi connectivity index (χ0v) is 18.1. The number of benzene rings is 1. The summed E-state index contributed by atoms with van der Waals surface area (Å²) in [7, 11) is -4.56. The number of unbranched alkanes of at least 4 members (excludes halogenated alkanes) is 4. The van der Waals surface area contributed by atoms with Crippen molar-refractivity contribution in [3.8, 4) is 0 Å². The maximum absolute atomic E-state index is 11.1. The van der Waals surface area contributed by atoms with Gasteiger partial charge in [-0.3, -0.25) is 4.52 Å². The molecule has 26 heavy (non-hydrogen) atoms. The van der Waals surface area contributed by atoms with E-state index in [1.165, 1.54) is 19.3 Å². The van der Waals surface area contributed by atoms with E-state index in [2.05, 4.69) is 12.2 Å². The van der Waals surface area contributed by atoms with Crippen LogP contribution in [0.25, 0.3) is 0 Å². The molecular formula is C19H34NO4PS. The lowest BCUT2D eigenvalue weighted by Crippen LogP contribution is -2.35. The average molecular weight is 404 g/mol. The smallest absolute Gasteiger partial charge is 0.370 e. The molecule has 7 heteroatoms. The maximum atomic E-state index is 11.1. The Morgan fingerprint density at radius 3 is 2.27 bits per heavy atom. The number of hydrogen-bond acceptors (Lipinski definition) is 3. The van der Waals surface area contributed by atoms with Gasteiger partial charge in [0.15, 0.2) is 0 Å². The molecule has 0 heterocycles. The monoisotopic (exact) mass is 403 g/mol. The van der Waals surface area contributed by atoms with Gasteiger partial charge in [-0.25, -0.2) is 4.57 Å². The second-order valence-corrected chi connectivity index (χ2v) is 7.61. The minimum Gasteiger partial charge on any atom is -0.370 e. The predicted octanol–water partition coefficient (Wildman–Crippen LogP) is 5.53. The van der Waals surface area contributed by atoms with Crippen LogP contribution in [0.2, 0.25) is 0 Å². The average Bonchev–Trinajstić information content (AvgIpc) is 2.60. The number of thiocarbonyl (C=S) groups is 1. The first-order valence-electron chi connectivity index (χ1n) is 9.41. The van der Waals surface area contributed by atoms with Gasteiger partial charge in [0.25, 0.3) is 0 Å². The largest absolute Gasteiger partial charge is 0.469 e. The van der Waals surface area contributed by atoms with E-state index in [1.54, 1.807) is 6.92 Å². The fourth-order valence-electron chi connectivity index (χ4n) is 2.54. The number of hydrogen-bond donors (Lipinski definition) is 3. The fourth-order valence-corrected chi connectivity index (χ4v) is 3.37. The molecule has 1 aromatic rings. The van der Waals surface area contributed by atoms with Gasteiger partial charge in [0, 0.05) is 0 Å². The van der Waals surface area contributed by atoms with Crippen LogP contribution in [-0.4, -0.2) is 20.9 Å². The molecule has 1 rings (SSSR count). The van der Waals surface area contributed by atoms with Crippen molar-refractivity contribution in [3.05, 3.63) is 35.9 Å². The van der Waals surface area contributed by atoms with Crippen molar-refractivity contribution in [1.29, 1.82) is 0 Å². The van der Waals surface area contributed by atoms with Crippen LogP contribution < -0.4 is 5.32 Å². The molecule has 0 radical (unpaired) electrons. The van der Waals surface area contributed by atoms with Crippen LogP contribution in [0.15, 0.2) is 30.3 Å².